The molecule has 1 atom stereocenters. The second kappa shape index (κ2) is 8.09. The number of hydrogen-bond acceptors (Lipinski definition) is 5. The van der Waals surface area contributed by atoms with Crippen molar-refractivity contribution in [1.82, 2.24) is 19.7 Å². The van der Waals surface area contributed by atoms with E-state index in [9.17, 15) is 4.79 Å². The van der Waals surface area contributed by atoms with E-state index >= 15 is 0 Å². The van der Waals surface area contributed by atoms with E-state index < -0.39 is 0 Å². The number of carbonyl (C=O) groups is 1. The molecule has 3 rings (SSSR count). The summed E-state index contributed by atoms with van der Waals surface area (Å²) in [6.07, 6.45) is 5.40. The van der Waals surface area contributed by atoms with Crippen LogP contribution in [0.5, 0.6) is 0 Å². The van der Waals surface area contributed by atoms with Crippen molar-refractivity contribution >= 4 is 5.91 Å². The maximum atomic E-state index is 12.6. The monoisotopic (exact) mass is 362 g/mol. The fourth-order valence-corrected chi connectivity index (χ4v) is 3.78. The zero-order chi connectivity index (χ0) is 18.7. The molecule has 146 valence electrons. The van der Waals surface area contributed by atoms with Gasteiger partial charge in [-0.05, 0) is 26.2 Å². The van der Waals surface area contributed by atoms with Crippen molar-refractivity contribution in [3.05, 3.63) is 17.8 Å². The van der Waals surface area contributed by atoms with Crippen LogP contribution in [0.15, 0.2) is 10.6 Å². The summed E-state index contributed by atoms with van der Waals surface area (Å²) in [5.74, 6) is 2.03. The lowest BCUT2D eigenvalue weighted by Gasteiger charge is -2.37. The van der Waals surface area contributed by atoms with Crippen LogP contribution in [0.1, 0.15) is 58.6 Å². The van der Waals surface area contributed by atoms with Crippen LogP contribution in [-0.4, -0.2) is 70.9 Å². The molecule has 0 spiro atoms. The first kappa shape index (κ1) is 19.4. The average molecular weight is 363 g/mol. The second-order valence-corrected chi connectivity index (χ2v) is 8.85. The van der Waals surface area contributed by atoms with Crippen LogP contribution >= 0.6 is 0 Å². The van der Waals surface area contributed by atoms with Crippen molar-refractivity contribution in [2.45, 2.75) is 65.0 Å². The summed E-state index contributed by atoms with van der Waals surface area (Å²) in [7, 11) is 0. The van der Waals surface area contributed by atoms with Gasteiger partial charge < -0.3 is 9.32 Å². The summed E-state index contributed by atoms with van der Waals surface area (Å²) in [5.41, 5.74) is -0.00407. The number of amides is 1. The summed E-state index contributed by atoms with van der Waals surface area (Å²) in [6, 6.07) is 0.402. The molecule has 1 amide bonds. The number of rotatable bonds is 4. The second-order valence-electron chi connectivity index (χ2n) is 8.85. The van der Waals surface area contributed by atoms with Gasteiger partial charge in [0.25, 0.3) is 0 Å². The fourth-order valence-electron chi connectivity index (χ4n) is 3.78. The zero-order valence-corrected chi connectivity index (χ0v) is 16.8. The summed E-state index contributed by atoms with van der Waals surface area (Å²) in [5, 5.41) is 0. The standard InChI is InChI=1S/C20H34N4O2/c1-16-7-5-6-8-24(16)19(25)15-23-11-9-22(10-12-23)14-18-21-13-17(26-18)20(2,3)4/h13,16H,5-12,14-15H2,1-4H3/t16-/m0/s1. The van der Waals surface area contributed by atoms with Crippen molar-refractivity contribution in [2.75, 3.05) is 39.3 Å². The highest BCUT2D eigenvalue weighted by atomic mass is 16.4. The van der Waals surface area contributed by atoms with Gasteiger partial charge in [-0.15, -0.1) is 0 Å². The number of hydrogen-bond donors (Lipinski definition) is 0. The van der Waals surface area contributed by atoms with E-state index in [2.05, 4.69) is 47.4 Å². The molecule has 0 bridgehead atoms. The Bertz CT molecular complexity index is 599. The molecular formula is C20H34N4O2. The maximum absolute atomic E-state index is 12.6. The Hall–Kier alpha value is -1.40. The van der Waals surface area contributed by atoms with E-state index in [1.54, 1.807) is 0 Å². The van der Waals surface area contributed by atoms with E-state index in [0.29, 0.717) is 18.5 Å². The number of aromatic nitrogens is 1. The molecular weight excluding hydrogens is 328 g/mol. The van der Waals surface area contributed by atoms with Gasteiger partial charge >= 0.3 is 0 Å². The molecule has 0 saturated carbocycles. The molecule has 0 aromatic carbocycles. The van der Waals surface area contributed by atoms with Crippen molar-refractivity contribution in [1.29, 1.82) is 0 Å². The molecule has 0 aliphatic carbocycles. The molecule has 2 aliphatic heterocycles. The molecule has 3 heterocycles. The van der Waals surface area contributed by atoms with Gasteiger partial charge in [-0.25, -0.2) is 4.98 Å². The number of piperazine rings is 1. The quantitative estimate of drug-likeness (QED) is 0.824. The Morgan fingerprint density at radius 3 is 2.46 bits per heavy atom. The first-order valence-electron chi connectivity index (χ1n) is 10.0. The van der Waals surface area contributed by atoms with Gasteiger partial charge in [0, 0.05) is 44.2 Å². The Morgan fingerprint density at radius 1 is 1.15 bits per heavy atom. The lowest BCUT2D eigenvalue weighted by atomic mass is 9.94. The third kappa shape index (κ3) is 4.86. The van der Waals surface area contributed by atoms with Gasteiger partial charge in [0.15, 0.2) is 0 Å². The molecule has 26 heavy (non-hydrogen) atoms. The maximum Gasteiger partial charge on any atom is 0.236 e. The SMILES string of the molecule is C[C@H]1CCCCN1C(=O)CN1CCN(Cc2ncc(C(C)(C)C)o2)CC1. The smallest absolute Gasteiger partial charge is 0.236 e. The number of carbonyl (C=O) groups excluding carboxylic acids is 1. The topological polar surface area (TPSA) is 52.8 Å². The molecule has 0 unspecified atom stereocenters. The predicted molar refractivity (Wildman–Crippen MR) is 102 cm³/mol. The van der Waals surface area contributed by atoms with Gasteiger partial charge in [0.1, 0.15) is 5.76 Å². The Labute approximate surface area is 157 Å². The lowest BCUT2D eigenvalue weighted by Crippen LogP contribution is -2.51. The van der Waals surface area contributed by atoms with Crippen LogP contribution in [0, 0.1) is 0 Å². The van der Waals surface area contributed by atoms with Gasteiger partial charge in [-0.1, -0.05) is 20.8 Å². The summed E-state index contributed by atoms with van der Waals surface area (Å²) >= 11 is 0. The highest BCUT2D eigenvalue weighted by Gasteiger charge is 2.27. The molecule has 1 aromatic rings. The highest BCUT2D eigenvalue weighted by molar-refractivity contribution is 5.78. The first-order chi connectivity index (χ1) is 12.3. The Balaban J connectivity index is 1.44. The number of likely N-dealkylation sites (tertiary alicyclic amines) is 1. The van der Waals surface area contributed by atoms with Gasteiger partial charge in [0.05, 0.1) is 19.3 Å². The van der Waals surface area contributed by atoms with Gasteiger partial charge in [-0.3, -0.25) is 14.6 Å². The van der Waals surface area contributed by atoms with Gasteiger partial charge in [0.2, 0.25) is 11.8 Å². The van der Waals surface area contributed by atoms with E-state index in [1.165, 1.54) is 6.42 Å². The third-order valence-corrected chi connectivity index (χ3v) is 5.60. The average Bonchev–Trinajstić information content (AvgIpc) is 3.06. The van der Waals surface area contributed by atoms with E-state index in [4.69, 9.17) is 4.42 Å². The minimum atomic E-state index is -0.00407. The molecule has 0 N–H and O–H groups in total. The summed E-state index contributed by atoms with van der Waals surface area (Å²) < 4.78 is 5.91. The Kier molecular flexibility index (Phi) is 6.03. The molecule has 1 aromatic heterocycles. The van der Waals surface area contributed by atoms with Crippen LogP contribution < -0.4 is 0 Å². The first-order valence-corrected chi connectivity index (χ1v) is 10.0. The largest absolute Gasteiger partial charge is 0.444 e. The van der Waals surface area contributed by atoms with Crippen molar-refractivity contribution in [3.8, 4) is 0 Å². The molecule has 0 radical (unpaired) electrons. The molecule has 2 saturated heterocycles. The van der Waals surface area contributed by atoms with Crippen molar-refractivity contribution in [3.63, 3.8) is 0 Å². The highest BCUT2D eigenvalue weighted by Crippen LogP contribution is 2.23. The van der Waals surface area contributed by atoms with E-state index in [1.807, 2.05) is 6.20 Å². The molecule has 6 nitrogen and oxygen atoms in total. The van der Waals surface area contributed by atoms with Crippen LogP contribution in [0.25, 0.3) is 0 Å². The predicted octanol–water partition coefficient (Wildman–Crippen LogP) is 2.49. The van der Waals surface area contributed by atoms with Crippen molar-refractivity contribution < 1.29 is 9.21 Å². The summed E-state index contributed by atoms with van der Waals surface area (Å²) in [6.45, 7) is 14.6. The Morgan fingerprint density at radius 2 is 1.85 bits per heavy atom. The van der Waals surface area contributed by atoms with Crippen LogP contribution in [0.4, 0.5) is 0 Å². The van der Waals surface area contributed by atoms with Crippen LogP contribution in [-0.2, 0) is 16.8 Å². The summed E-state index contributed by atoms with van der Waals surface area (Å²) in [4.78, 5) is 23.8. The number of piperidine rings is 1. The van der Waals surface area contributed by atoms with Crippen LogP contribution in [0.2, 0.25) is 0 Å². The minimum absolute atomic E-state index is 0.00407. The number of nitrogens with zero attached hydrogens (tertiary/aromatic N) is 4. The van der Waals surface area contributed by atoms with Gasteiger partial charge in [-0.2, -0.15) is 0 Å². The van der Waals surface area contributed by atoms with E-state index in [0.717, 1.165) is 63.8 Å². The molecule has 6 heteroatoms. The lowest BCUT2D eigenvalue weighted by molar-refractivity contribution is -0.136. The van der Waals surface area contributed by atoms with Crippen LogP contribution in [0.3, 0.4) is 0 Å². The fraction of sp³-hybridized carbons (Fsp3) is 0.800. The zero-order valence-electron chi connectivity index (χ0n) is 16.8. The van der Waals surface area contributed by atoms with Crippen molar-refractivity contribution in [2.24, 2.45) is 0 Å². The normalized spacial score (nSPS) is 23.4. The molecule has 2 fully saturated rings. The third-order valence-electron chi connectivity index (χ3n) is 5.60. The molecule has 2 aliphatic rings. The minimum Gasteiger partial charge on any atom is -0.444 e. The van der Waals surface area contributed by atoms with E-state index in [-0.39, 0.29) is 5.41 Å². The number of oxazole rings is 1.